The van der Waals surface area contributed by atoms with Crippen molar-refractivity contribution in [1.29, 1.82) is 0 Å². The quantitative estimate of drug-likeness (QED) is 0.406. The molecule has 2 heterocycles. The molecule has 0 bridgehead atoms. The molecule has 0 saturated carbocycles. The van der Waals surface area contributed by atoms with E-state index in [0.29, 0.717) is 0 Å². The number of esters is 3. The Morgan fingerprint density at radius 2 is 1.56 bits per heavy atom. The second-order valence-electron chi connectivity index (χ2n) is 8.10. The van der Waals surface area contributed by atoms with Gasteiger partial charge in [-0.1, -0.05) is 12.1 Å². The number of rotatable bonds is 7. The molecule has 13 heteroatoms. The van der Waals surface area contributed by atoms with Crippen LogP contribution in [-0.2, 0) is 43.2 Å². The van der Waals surface area contributed by atoms with Crippen molar-refractivity contribution < 1.29 is 46.9 Å². The molecule has 1 fully saturated rings. The molecule has 1 saturated heterocycles. The number of aromatic hydroxyl groups is 1. The van der Waals surface area contributed by atoms with Gasteiger partial charge < -0.3 is 24.1 Å². The van der Waals surface area contributed by atoms with E-state index in [4.69, 9.17) is 18.9 Å². The minimum absolute atomic E-state index is 0.0218. The van der Waals surface area contributed by atoms with E-state index in [1.54, 1.807) is 0 Å². The number of ether oxygens (including phenoxy) is 4. The molecular formula is C23H25NO11S. The fourth-order valence-corrected chi connectivity index (χ4v) is 4.43. The molecule has 36 heavy (non-hydrogen) atoms. The highest BCUT2D eigenvalue weighted by atomic mass is 32.2. The van der Waals surface area contributed by atoms with Crippen LogP contribution in [-0.4, -0.2) is 67.2 Å². The molecule has 2 aromatic rings. The first-order chi connectivity index (χ1) is 16.8. The van der Waals surface area contributed by atoms with Crippen molar-refractivity contribution in [2.24, 2.45) is 0 Å². The van der Waals surface area contributed by atoms with Gasteiger partial charge in [0, 0.05) is 33.2 Å². The fraction of sp³-hybridized carbons (Fsp3) is 0.391. The Labute approximate surface area is 206 Å². The lowest BCUT2D eigenvalue weighted by Gasteiger charge is -2.24. The number of pyridine rings is 1. The first-order valence-electron chi connectivity index (χ1n) is 10.7. The van der Waals surface area contributed by atoms with Crippen molar-refractivity contribution in [3.63, 3.8) is 0 Å². The zero-order valence-corrected chi connectivity index (χ0v) is 20.7. The summed E-state index contributed by atoms with van der Waals surface area (Å²) in [6, 6.07) is 6.51. The third-order valence-corrected chi connectivity index (χ3v) is 6.41. The molecule has 0 aliphatic carbocycles. The van der Waals surface area contributed by atoms with Crippen LogP contribution >= 0.6 is 0 Å². The van der Waals surface area contributed by atoms with Gasteiger partial charge in [-0.2, -0.15) is 0 Å². The minimum atomic E-state index is -3.49. The van der Waals surface area contributed by atoms with Gasteiger partial charge in [-0.05, 0) is 23.8 Å². The number of aromatic nitrogens is 1. The number of nitrogens with zero attached hydrogens (tertiary/aromatic N) is 1. The average molecular weight is 524 g/mol. The zero-order valence-electron chi connectivity index (χ0n) is 19.9. The zero-order chi connectivity index (χ0) is 26.8. The van der Waals surface area contributed by atoms with Crippen LogP contribution in [0.15, 0.2) is 46.2 Å². The van der Waals surface area contributed by atoms with Crippen molar-refractivity contribution in [1.82, 2.24) is 4.57 Å². The van der Waals surface area contributed by atoms with Crippen LogP contribution in [0, 0.1) is 0 Å². The second kappa shape index (κ2) is 10.5. The molecule has 1 N–H and O–H groups in total. The summed E-state index contributed by atoms with van der Waals surface area (Å²) in [7, 11) is -3.49. The summed E-state index contributed by atoms with van der Waals surface area (Å²) in [6.45, 7) is 3.07. The Morgan fingerprint density at radius 1 is 0.972 bits per heavy atom. The van der Waals surface area contributed by atoms with E-state index in [2.05, 4.69) is 0 Å². The number of carbonyl (C=O) groups excluding carboxylic acids is 3. The van der Waals surface area contributed by atoms with Crippen molar-refractivity contribution in [3.05, 3.63) is 46.9 Å². The van der Waals surface area contributed by atoms with Crippen LogP contribution in [0.4, 0.5) is 0 Å². The fourth-order valence-electron chi connectivity index (χ4n) is 3.80. The molecule has 0 radical (unpaired) electrons. The summed E-state index contributed by atoms with van der Waals surface area (Å²) >= 11 is 0. The molecule has 1 aliphatic rings. The summed E-state index contributed by atoms with van der Waals surface area (Å²) in [5, 5.41) is 10.4. The van der Waals surface area contributed by atoms with Crippen molar-refractivity contribution in [2.45, 2.75) is 50.2 Å². The Hall–Kier alpha value is -3.71. The molecule has 0 amide bonds. The molecular weight excluding hydrogens is 498 g/mol. The smallest absolute Gasteiger partial charge is 0.303 e. The monoisotopic (exact) mass is 523 g/mol. The molecule has 1 aromatic heterocycles. The number of sulfone groups is 1. The van der Waals surface area contributed by atoms with Crippen LogP contribution in [0.3, 0.4) is 0 Å². The van der Waals surface area contributed by atoms with Gasteiger partial charge in [0.05, 0.1) is 10.5 Å². The molecule has 3 rings (SSSR count). The molecule has 0 spiro atoms. The molecule has 1 aromatic carbocycles. The minimum Gasteiger partial charge on any atom is -0.507 e. The van der Waals surface area contributed by atoms with E-state index < -0.39 is 63.6 Å². The number of benzene rings is 1. The molecule has 4 atom stereocenters. The Kier molecular flexibility index (Phi) is 7.84. The Balaban J connectivity index is 2.09. The standard InChI is InChI=1S/C23H25NO11S/c1-12(25)32-11-18-20(33-13(2)26)21(34-14(3)27)23(35-18)24-10-9-17(28)19(22(24)29)15-5-7-16(8-6-15)36(4,30)31/h5-10,18,20-21,23,28H,11H2,1-4H3/t18-,20-,21-,23-/m1/s1. The van der Waals surface area contributed by atoms with Crippen molar-refractivity contribution in [3.8, 4) is 16.9 Å². The Morgan fingerprint density at radius 3 is 2.08 bits per heavy atom. The van der Waals surface area contributed by atoms with Gasteiger partial charge >= 0.3 is 17.9 Å². The van der Waals surface area contributed by atoms with Gasteiger partial charge in [-0.15, -0.1) is 0 Å². The van der Waals surface area contributed by atoms with Crippen molar-refractivity contribution >= 4 is 27.7 Å². The van der Waals surface area contributed by atoms with Gasteiger partial charge in [0.25, 0.3) is 5.56 Å². The van der Waals surface area contributed by atoms with Crippen LogP contribution in [0.1, 0.15) is 27.0 Å². The number of hydrogen-bond donors (Lipinski definition) is 1. The second-order valence-corrected chi connectivity index (χ2v) is 10.1. The SMILES string of the molecule is CC(=O)OC[C@H]1O[C@@H](n2ccc(O)c(-c3ccc(S(C)(=O)=O)cc3)c2=O)[C@H](OC(C)=O)[C@@H]1OC(C)=O. The predicted octanol–water partition coefficient (Wildman–Crippen LogP) is 0.948. The van der Waals surface area contributed by atoms with Gasteiger partial charge in [-0.3, -0.25) is 23.7 Å². The third kappa shape index (κ3) is 5.91. The van der Waals surface area contributed by atoms with Crippen molar-refractivity contribution in [2.75, 3.05) is 12.9 Å². The molecule has 0 unspecified atom stereocenters. The van der Waals surface area contributed by atoms with Gasteiger partial charge in [-0.25, -0.2) is 8.42 Å². The van der Waals surface area contributed by atoms with Crippen LogP contribution in [0.25, 0.3) is 11.1 Å². The van der Waals surface area contributed by atoms with E-state index in [9.17, 15) is 32.7 Å². The lowest BCUT2D eigenvalue weighted by molar-refractivity contribution is -0.166. The third-order valence-electron chi connectivity index (χ3n) is 5.28. The van der Waals surface area contributed by atoms with Gasteiger partial charge in [0.1, 0.15) is 18.5 Å². The lowest BCUT2D eigenvalue weighted by atomic mass is 10.1. The normalized spacial score (nSPS) is 21.6. The Bertz CT molecular complexity index is 1330. The summed E-state index contributed by atoms with van der Waals surface area (Å²) < 4.78 is 46.0. The van der Waals surface area contributed by atoms with Crippen LogP contribution < -0.4 is 5.56 Å². The maximum absolute atomic E-state index is 13.5. The maximum atomic E-state index is 13.5. The van der Waals surface area contributed by atoms with E-state index in [-0.39, 0.29) is 22.6 Å². The van der Waals surface area contributed by atoms with E-state index in [1.807, 2.05) is 0 Å². The van der Waals surface area contributed by atoms with Gasteiger partial charge in [0.15, 0.2) is 28.3 Å². The number of hydrogen-bond acceptors (Lipinski definition) is 11. The highest BCUT2D eigenvalue weighted by Crippen LogP contribution is 2.35. The summed E-state index contributed by atoms with van der Waals surface area (Å²) in [5.41, 5.74) is -0.719. The number of carbonyl (C=O) groups is 3. The first kappa shape index (κ1) is 26.9. The average Bonchev–Trinajstić information content (AvgIpc) is 3.08. The highest BCUT2D eigenvalue weighted by molar-refractivity contribution is 7.90. The summed E-state index contributed by atoms with van der Waals surface area (Å²) in [4.78, 5) is 48.4. The topological polar surface area (TPSA) is 164 Å². The van der Waals surface area contributed by atoms with Gasteiger partial charge in [0.2, 0.25) is 0 Å². The summed E-state index contributed by atoms with van der Waals surface area (Å²) in [6.07, 6.45) is -2.67. The van der Waals surface area contributed by atoms with E-state index >= 15 is 0 Å². The van der Waals surface area contributed by atoms with Crippen LogP contribution in [0.2, 0.25) is 0 Å². The van der Waals surface area contributed by atoms with E-state index in [0.717, 1.165) is 24.7 Å². The first-order valence-corrected chi connectivity index (χ1v) is 12.6. The van der Waals surface area contributed by atoms with Crippen LogP contribution in [0.5, 0.6) is 5.75 Å². The summed E-state index contributed by atoms with van der Waals surface area (Å²) in [5.74, 6) is -2.49. The molecule has 194 valence electrons. The molecule has 12 nitrogen and oxygen atoms in total. The molecule has 1 aliphatic heterocycles. The lowest BCUT2D eigenvalue weighted by Crippen LogP contribution is -2.41. The predicted molar refractivity (Wildman–Crippen MR) is 123 cm³/mol. The maximum Gasteiger partial charge on any atom is 0.303 e. The van der Waals surface area contributed by atoms with E-state index in [1.165, 1.54) is 43.5 Å². The largest absolute Gasteiger partial charge is 0.507 e. The highest BCUT2D eigenvalue weighted by Gasteiger charge is 2.51.